The van der Waals surface area contributed by atoms with Gasteiger partial charge in [0.1, 0.15) is 5.75 Å². The molecule has 0 amide bonds. The van der Waals surface area contributed by atoms with Gasteiger partial charge in [0.2, 0.25) is 0 Å². The lowest BCUT2D eigenvalue weighted by molar-refractivity contribution is 0.340. The van der Waals surface area contributed by atoms with Crippen LogP contribution in [0.2, 0.25) is 0 Å². The van der Waals surface area contributed by atoms with Crippen molar-refractivity contribution in [2.24, 2.45) is 0 Å². The predicted molar refractivity (Wildman–Crippen MR) is 84.9 cm³/mol. The van der Waals surface area contributed by atoms with Gasteiger partial charge in [-0.2, -0.15) is 0 Å². The van der Waals surface area contributed by atoms with Crippen molar-refractivity contribution >= 4 is 17.1 Å². The zero-order valence-corrected chi connectivity index (χ0v) is 12.5. The standard InChI is InChI=1S/C16H20N2O3/c1-4-21-12-7-5-6-11(8-12)18-14-10-16(20-3)15(19-2)9-13(14)17/h5-10,18H,4,17H2,1-3H3. The molecular weight excluding hydrogens is 268 g/mol. The Morgan fingerprint density at radius 3 is 2.43 bits per heavy atom. The summed E-state index contributed by atoms with van der Waals surface area (Å²) >= 11 is 0. The van der Waals surface area contributed by atoms with Crippen LogP contribution in [0, 0.1) is 0 Å². The summed E-state index contributed by atoms with van der Waals surface area (Å²) < 4.78 is 16.0. The summed E-state index contributed by atoms with van der Waals surface area (Å²) in [7, 11) is 3.17. The molecule has 0 saturated heterocycles. The average Bonchev–Trinajstić information content (AvgIpc) is 2.49. The molecule has 21 heavy (non-hydrogen) atoms. The summed E-state index contributed by atoms with van der Waals surface area (Å²) in [4.78, 5) is 0. The molecule has 0 saturated carbocycles. The van der Waals surface area contributed by atoms with Crippen LogP contribution in [-0.4, -0.2) is 20.8 Å². The molecule has 0 heterocycles. The summed E-state index contributed by atoms with van der Waals surface area (Å²) in [5.41, 5.74) is 8.25. The van der Waals surface area contributed by atoms with Crippen LogP contribution in [0.15, 0.2) is 36.4 Å². The van der Waals surface area contributed by atoms with Crippen molar-refractivity contribution in [2.45, 2.75) is 6.92 Å². The third kappa shape index (κ3) is 3.51. The van der Waals surface area contributed by atoms with Gasteiger partial charge < -0.3 is 25.3 Å². The van der Waals surface area contributed by atoms with E-state index in [9.17, 15) is 0 Å². The van der Waals surface area contributed by atoms with Gasteiger partial charge in [-0.05, 0) is 19.1 Å². The molecule has 0 atom stereocenters. The van der Waals surface area contributed by atoms with Gasteiger partial charge in [-0.1, -0.05) is 6.07 Å². The maximum Gasteiger partial charge on any atom is 0.162 e. The van der Waals surface area contributed by atoms with Crippen LogP contribution in [0.25, 0.3) is 0 Å². The van der Waals surface area contributed by atoms with E-state index in [-0.39, 0.29) is 0 Å². The highest BCUT2D eigenvalue weighted by Gasteiger charge is 2.09. The van der Waals surface area contributed by atoms with Crippen molar-refractivity contribution < 1.29 is 14.2 Å². The van der Waals surface area contributed by atoms with E-state index in [0.717, 1.165) is 17.1 Å². The molecule has 0 aliphatic heterocycles. The fourth-order valence-electron chi connectivity index (χ4n) is 1.99. The van der Waals surface area contributed by atoms with Crippen LogP contribution in [0.3, 0.4) is 0 Å². The van der Waals surface area contributed by atoms with Gasteiger partial charge in [0.15, 0.2) is 11.5 Å². The predicted octanol–water partition coefficient (Wildman–Crippen LogP) is 3.43. The molecule has 0 aliphatic rings. The van der Waals surface area contributed by atoms with E-state index >= 15 is 0 Å². The van der Waals surface area contributed by atoms with Crippen molar-refractivity contribution in [3.63, 3.8) is 0 Å². The Labute approximate surface area is 124 Å². The lowest BCUT2D eigenvalue weighted by atomic mass is 10.2. The molecule has 0 fully saturated rings. The number of benzene rings is 2. The molecule has 2 aromatic carbocycles. The zero-order chi connectivity index (χ0) is 15.2. The van der Waals surface area contributed by atoms with E-state index in [0.29, 0.717) is 23.8 Å². The Bertz CT molecular complexity index is 614. The van der Waals surface area contributed by atoms with E-state index < -0.39 is 0 Å². The summed E-state index contributed by atoms with van der Waals surface area (Å²) in [6.07, 6.45) is 0. The Morgan fingerprint density at radius 1 is 1.05 bits per heavy atom. The number of anilines is 3. The number of ether oxygens (including phenoxy) is 3. The third-order valence-electron chi connectivity index (χ3n) is 2.98. The topological polar surface area (TPSA) is 65.7 Å². The van der Waals surface area contributed by atoms with Crippen molar-refractivity contribution in [1.82, 2.24) is 0 Å². The highest BCUT2D eigenvalue weighted by Crippen LogP contribution is 2.36. The van der Waals surface area contributed by atoms with E-state index in [1.54, 1.807) is 20.3 Å². The Balaban J connectivity index is 2.28. The van der Waals surface area contributed by atoms with Crippen LogP contribution in [-0.2, 0) is 0 Å². The van der Waals surface area contributed by atoms with Crippen LogP contribution in [0.4, 0.5) is 17.1 Å². The maximum absolute atomic E-state index is 6.04. The normalized spacial score (nSPS) is 10.0. The van der Waals surface area contributed by atoms with Crippen LogP contribution >= 0.6 is 0 Å². The van der Waals surface area contributed by atoms with Crippen LogP contribution in [0.1, 0.15) is 6.92 Å². The summed E-state index contributed by atoms with van der Waals surface area (Å²) in [6, 6.07) is 11.2. The summed E-state index contributed by atoms with van der Waals surface area (Å²) in [5.74, 6) is 2.03. The molecule has 0 aromatic heterocycles. The van der Waals surface area contributed by atoms with Gasteiger partial charge >= 0.3 is 0 Å². The lowest BCUT2D eigenvalue weighted by Crippen LogP contribution is -2.00. The molecule has 0 radical (unpaired) electrons. The molecular formula is C16H20N2O3. The number of rotatable bonds is 6. The molecule has 0 spiro atoms. The van der Waals surface area contributed by atoms with Gasteiger partial charge in [0.05, 0.1) is 32.2 Å². The van der Waals surface area contributed by atoms with Gasteiger partial charge in [0.25, 0.3) is 0 Å². The highest BCUT2D eigenvalue weighted by molar-refractivity contribution is 5.77. The first kappa shape index (κ1) is 14.8. The van der Waals surface area contributed by atoms with Crippen LogP contribution in [0.5, 0.6) is 17.2 Å². The zero-order valence-electron chi connectivity index (χ0n) is 12.5. The van der Waals surface area contributed by atoms with Gasteiger partial charge in [0, 0.05) is 23.9 Å². The number of hydrogen-bond acceptors (Lipinski definition) is 5. The number of nitrogens with two attached hydrogens (primary N) is 1. The van der Waals surface area contributed by atoms with E-state index in [1.807, 2.05) is 37.3 Å². The Hall–Kier alpha value is -2.56. The van der Waals surface area contributed by atoms with Crippen molar-refractivity contribution in [2.75, 3.05) is 31.9 Å². The van der Waals surface area contributed by atoms with E-state index in [1.165, 1.54) is 0 Å². The maximum atomic E-state index is 6.04. The molecule has 112 valence electrons. The molecule has 3 N–H and O–H groups in total. The number of nitrogens with one attached hydrogen (secondary N) is 1. The van der Waals surface area contributed by atoms with E-state index in [2.05, 4.69) is 5.32 Å². The smallest absolute Gasteiger partial charge is 0.162 e. The van der Waals surface area contributed by atoms with Gasteiger partial charge in [-0.15, -0.1) is 0 Å². The average molecular weight is 288 g/mol. The van der Waals surface area contributed by atoms with Crippen LogP contribution < -0.4 is 25.3 Å². The largest absolute Gasteiger partial charge is 0.494 e. The number of hydrogen-bond donors (Lipinski definition) is 2. The molecule has 2 rings (SSSR count). The molecule has 2 aromatic rings. The first-order valence-corrected chi connectivity index (χ1v) is 6.69. The molecule has 0 aliphatic carbocycles. The first-order valence-electron chi connectivity index (χ1n) is 6.69. The highest BCUT2D eigenvalue weighted by atomic mass is 16.5. The molecule has 0 bridgehead atoms. The summed E-state index contributed by atoms with van der Waals surface area (Å²) in [6.45, 7) is 2.58. The first-order chi connectivity index (χ1) is 10.2. The van der Waals surface area contributed by atoms with E-state index in [4.69, 9.17) is 19.9 Å². The number of methoxy groups -OCH3 is 2. The van der Waals surface area contributed by atoms with Crippen molar-refractivity contribution in [3.8, 4) is 17.2 Å². The molecule has 5 heteroatoms. The van der Waals surface area contributed by atoms with Gasteiger partial charge in [-0.3, -0.25) is 0 Å². The monoisotopic (exact) mass is 288 g/mol. The SMILES string of the molecule is CCOc1cccc(Nc2cc(OC)c(OC)cc2N)c1. The minimum Gasteiger partial charge on any atom is -0.494 e. The fraction of sp³-hybridized carbons (Fsp3) is 0.250. The quantitative estimate of drug-likeness (QED) is 0.797. The minimum atomic E-state index is 0.578. The molecule has 0 unspecified atom stereocenters. The Morgan fingerprint density at radius 2 is 1.76 bits per heavy atom. The minimum absolute atomic E-state index is 0.578. The lowest BCUT2D eigenvalue weighted by Gasteiger charge is -2.14. The fourth-order valence-corrected chi connectivity index (χ4v) is 1.99. The Kier molecular flexibility index (Phi) is 4.77. The third-order valence-corrected chi connectivity index (χ3v) is 2.98. The van der Waals surface area contributed by atoms with Gasteiger partial charge in [-0.25, -0.2) is 0 Å². The second-order valence-electron chi connectivity index (χ2n) is 4.38. The second-order valence-corrected chi connectivity index (χ2v) is 4.38. The second kappa shape index (κ2) is 6.74. The molecule has 5 nitrogen and oxygen atoms in total. The summed E-state index contributed by atoms with van der Waals surface area (Å²) in [5, 5.41) is 3.26. The van der Waals surface area contributed by atoms with Crippen molar-refractivity contribution in [1.29, 1.82) is 0 Å². The number of nitrogen functional groups attached to an aromatic ring is 1. The van der Waals surface area contributed by atoms with Crippen molar-refractivity contribution in [3.05, 3.63) is 36.4 Å².